The lowest BCUT2D eigenvalue weighted by Gasteiger charge is -2.16. The molecule has 0 radical (unpaired) electrons. The fourth-order valence-corrected chi connectivity index (χ4v) is 1.90. The van der Waals surface area contributed by atoms with Crippen molar-refractivity contribution in [3.05, 3.63) is 22.2 Å². The van der Waals surface area contributed by atoms with E-state index < -0.39 is 0 Å². The van der Waals surface area contributed by atoms with E-state index in [9.17, 15) is 0 Å². The summed E-state index contributed by atoms with van der Waals surface area (Å²) in [5.74, 6) is 1.61. The molecule has 4 heteroatoms. The van der Waals surface area contributed by atoms with Crippen LogP contribution in [-0.4, -0.2) is 20.8 Å². The molecule has 0 aromatic heterocycles. The van der Waals surface area contributed by atoms with Crippen LogP contribution in [-0.2, 0) is 6.54 Å². The van der Waals surface area contributed by atoms with Crippen molar-refractivity contribution in [1.29, 1.82) is 0 Å². The summed E-state index contributed by atoms with van der Waals surface area (Å²) >= 11 is 3.53. The van der Waals surface area contributed by atoms with Gasteiger partial charge < -0.3 is 14.8 Å². The van der Waals surface area contributed by atoms with Gasteiger partial charge in [0, 0.05) is 16.6 Å². The van der Waals surface area contributed by atoms with Crippen LogP contribution in [0.1, 0.15) is 18.9 Å². The first-order valence-electron chi connectivity index (χ1n) is 5.37. The lowest BCUT2D eigenvalue weighted by Crippen LogP contribution is -2.09. The topological polar surface area (TPSA) is 30.5 Å². The summed E-state index contributed by atoms with van der Waals surface area (Å²) in [5, 5.41) is 3.13. The minimum atomic E-state index is 0.698. The maximum atomic E-state index is 5.75. The molecular weight excluding hydrogens is 270 g/mol. The average molecular weight is 288 g/mol. The Balaban J connectivity index is 3.08. The molecule has 0 amide bonds. The minimum absolute atomic E-state index is 0.698. The Morgan fingerprint density at radius 3 is 2.69 bits per heavy atom. The normalized spacial score (nSPS) is 10.2. The SMILES string of the molecule is CCCOc1c(OC)ccc(Br)c1CNC. The summed E-state index contributed by atoms with van der Waals surface area (Å²) in [6, 6.07) is 3.89. The quantitative estimate of drug-likeness (QED) is 0.873. The standard InChI is InChI=1S/C12H18BrNO2/c1-4-7-16-12-9(8-14-2)10(13)5-6-11(12)15-3/h5-6,14H,4,7-8H2,1-3H3. The maximum Gasteiger partial charge on any atom is 0.166 e. The molecule has 0 atom stereocenters. The van der Waals surface area contributed by atoms with Crippen LogP contribution >= 0.6 is 15.9 Å². The first-order chi connectivity index (χ1) is 7.74. The molecule has 1 aromatic carbocycles. The van der Waals surface area contributed by atoms with Crippen LogP contribution in [0.4, 0.5) is 0 Å². The molecule has 0 unspecified atom stereocenters. The van der Waals surface area contributed by atoms with Gasteiger partial charge in [-0.15, -0.1) is 0 Å². The molecule has 0 saturated heterocycles. The molecule has 0 bridgehead atoms. The Hall–Kier alpha value is -0.740. The number of rotatable bonds is 6. The number of hydrogen-bond acceptors (Lipinski definition) is 3. The molecule has 0 fully saturated rings. The van der Waals surface area contributed by atoms with E-state index in [1.165, 1.54) is 0 Å². The van der Waals surface area contributed by atoms with Crippen molar-refractivity contribution in [3.63, 3.8) is 0 Å². The van der Waals surface area contributed by atoms with Crippen LogP contribution in [0.5, 0.6) is 11.5 Å². The molecule has 1 rings (SSSR count). The number of ether oxygens (including phenoxy) is 2. The summed E-state index contributed by atoms with van der Waals surface area (Å²) in [6.07, 6.45) is 0.981. The Kier molecular flexibility index (Phi) is 5.63. The van der Waals surface area contributed by atoms with Crippen molar-refractivity contribution in [3.8, 4) is 11.5 Å². The van der Waals surface area contributed by atoms with Gasteiger partial charge in [0.15, 0.2) is 11.5 Å². The van der Waals surface area contributed by atoms with Crippen LogP contribution in [0.15, 0.2) is 16.6 Å². The highest BCUT2D eigenvalue weighted by Crippen LogP contribution is 2.36. The van der Waals surface area contributed by atoms with Crippen molar-refractivity contribution < 1.29 is 9.47 Å². The van der Waals surface area contributed by atoms with Gasteiger partial charge in [-0.2, -0.15) is 0 Å². The third kappa shape index (κ3) is 3.12. The zero-order valence-electron chi connectivity index (χ0n) is 9.97. The Bertz CT molecular complexity index is 342. The van der Waals surface area contributed by atoms with Crippen molar-refractivity contribution in [1.82, 2.24) is 5.32 Å². The molecule has 1 N–H and O–H groups in total. The summed E-state index contributed by atoms with van der Waals surface area (Å²) in [5.41, 5.74) is 1.09. The molecule has 0 heterocycles. The average Bonchev–Trinajstić information content (AvgIpc) is 2.30. The Morgan fingerprint density at radius 1 is 1.38 bits per heavy atom. The molecule has 3 nitrogen and oxygen atoms in total. The van der Waals surface area contributed by atoms with Gasteiger partial charge in [-0.25, -0.2) is 0 Å². The van der Waals surface area contributed by atoms with E-state index >= 15 is 0 Å². The fraction of sp³-hybridized carbons (Fsp3) is 0.500. The third-order valence-electron chi connectivity index (χ3n) is 2.19. The lowest BCUT2D eigenvalue weighted by atomic mass is 10.2. The van der Waals surface area contributed by atoms with Gasteiger partial charge in [0.25, 0.3) is 0 Å². The molecule has 0 aliphatic heterocycles. The number of benzene rings is 1. The summed E-state index contributed by atoms with van der Waals surface area (Å²) in [4.78, 5) is 0. The molecule has 90 valence electrons. The van der Waals surface area contributed by atoms with E-state index in [-0.39, 0.29) is 0 Å². The van der Waals surface area contributed by atoms with E-state index in [2.05, 4.69) is 28.2 Å². The van der Waals surface area contributed by atoms with Gasteiger partial charge in [0.2, 0.25) is 0 Å². The smallest absolute Gasteiger partial charge is 0.166 e. The zero-order chi connectivity index (χ0) is 12.0. The molecule has 16 heavy (non-hydrogen) atoms. The summed E-state index contributed by atoms with van der Waals surface area (Å²) in [7, 11) is 3.57. The van der Waals surface area contributed by atoms with Crippen LogP contribution in [0.25, 0.3) is 0 Å². The van der Waals surface area contributed by atoms with Crippen molar-refractivity contribution in [2.24, 2.45) is 0 Å². The van der Waals surface area contributed by atoms with Crippen LogP contribution in [0.2, 0.25) is 0 Å². The second-order valence-corrected chi connectivity index (χ2v) is 4.29. The molecule has 0 saturated carbocycles. The Morgan fingerprint density at radius 2 is 2.12 bits per heavy atom. The molecule has 1 aromatic rings. The van der Waals surface area contributed by atoms with Crippen LogP contribution in [0.3, 0.4) is 0 Å². The molecule has 0 aliphatic rings. The number of methoxy groups -OCH3 is 1. The van der Waals surface area contributed by atoms with E-state index in [1.807, 2.05) is 19.2 Å². The van der Waals surface area contributed by atoms with Gasteiger partial charge in [-0.05, 0) is 25.6 Å². The zero-order valence-corrected chi connectivity index (χ0v) is 11.6. The number of hydrogen-bond donors (Lipinski definition) is 1. The predicted molar refractivity (Wildman–Crippen MR) is 69.2 cm³/mol. The number of halogens is 1. The van der Waals surface area contributed by atoms with Crippen molar-refractivity contribution in [2.45, 2.75) is 19.9 Å². The molecule has 0 spiro atoms. The number of nitrogens with one attached hydrogen (secondary N) is 1. The van der Waals surface area contributed by atoms with Gasteiger partial charge in [-0.1, -0.05) is 22.9 Å². The van der Waals surface area contributed by atoms with Gasteiger partial charge in [-0.3, -0.25) is 0 Å². The first-order valence-corrected chi connectivity index (χ1v) is 6.16. The van der Waals surface area contributed by atoms with E-state index in [1.54, 1.807) is 7.11 Å². The lowest BCUT2D eigenvalue weighted by molar-refractivity contribution is 0.290. The van der Waals surface area contributed by atoms with Crippen LogP contribution < -0.4 is 14.8 Å². The maximum absolute atomic E-state index is 5.75. The third-order valence-corrected chi connectivity index (χ3v) is 2.93. The largest absolute Gasteiger partial charge is 0.493 e. The van der Waals surface area contributed by atoms with Gasteiger partial charge in [0.1, 0.15) is 0 Å². The van der Waals surface area contributed by atoms with E-state index in [4.69, 9.17) is 9.47 Å². The van der Waals surface area contributed by atoms with E-state index in [0.29, 0.717) is 6.61 Å². The van der Waals surface area contributed by atoms with E-state index in [0.717, 1.165) is 34.5 Å². The van der Waals surface area contributed by atoms with Crippen molar-refractivity contribution in [2.75, 3.05) is 20.8 Å². The van der Waals surface area contributed by atoms with Crippen molar-refractivity contribution >= 4 is 15.9 Å². The second-order valence-electron chi connectivity index (χ2n) is 3.44. The summed E-state index contributed by atoms with van der Waals surface area (Å²) in [6.45, 7) is 3.53. The predicted octanol–water partition coefficient (Wildman–Crippen LogP) is 2.97. The highest BCUT2D eigenvalue weighted by Gasteiger charge is 2.13. The van der Waals surface area contributed by atoms with Crippen LogP contribution in [0, 0.1) is 0 Å². The first kappa shape index (κ1) is 13.3. The van der Waals surface area contributed by atoms with Gasteiger partial charge >= 0.3 is 0 Å². The highest BCUT2D eigenvalue weighted by molar-refractivity contribution is 9.10. The summed E-state index contributed by atoms with van der Waals surface area (Å²) < 4.78 is 12.1. The second kappa shape index (κ2) is 6.76. The highest BCUT2D eigenvalue weighted by atomic mass is 79.9. The molecule has 0 aliphatic carbocycles. The fourth-order valence-electron chi connectivity index (χ4n) is 1.45. The van der Waals surface area contributed by atoms with Gasteiger partial charge in [0.05, 0.1) is 13.7 Å². The minimum Gasteiger partial charge on any atom is -0.493 e. The molecular formula is C12H18BrNO2. The monoisotopic (exact) mass is 287 g/mol. The Labute approximate surface area is 105 Å².